The van der Waals surface area contributed by atoms with Crippen molar-refractivity contribution >= 4 is 29.7 Å². The van der Waals surface area contributed by atoms with E-state index in [1.54, 1.807) is 0 Å². The number of hydrogen-bond acceptors (Lipinski definition) is 3. The van der Waals surface area contributed by atoms with Gasteiger partial charge in [-0.3, -0.25) is 0 Å². The van der Waals surface area contributed by atoms with Crippen LogP contribution >= 0.6 is 24.8 Å². The Balaban J connectivity index is 0.000000110. The SMILES string of the molecule is N#CC1(S)C2CC3CC(C2)CC1C3.S=C1C2CC3CC(C2)CC1C3. The molecule has 0 heterocycles. The molecule has 8 rings (SSSR count). The molecule has 8 saturated carbocycles. The Kier molecular flexibility index (Phi) is 3.84. The van der Waals surface area contributed by atoms with Gasteiger partial charge in [-0.2, -0.15) is 17.9 Å². The summed E-state index contributed by atoms with van der Waals surface area (Å²) in [6.07, 6.45) is 13.9. The molecule has 130 valence electrons. The fourth-order valence-electron chi connectivity index (χ4n) is 7.73. The highest BCUT2D eigenvalue weighted by Gasteiger charge is 2.55. The van der Waals surface area contributed by atoms with E-state index in [9.17, 15) is 5.26 Å². The van der Waals surface area contributed by atoms with Crippen molar-refractivity contribution in [2.75, 3.05) is 0 Å². The van der Waals surface area contributed by atoms with E-state index in [4.69, 9.17) is 12.2 Å². The fourth-order valence-corrected chi connectivity index (χ4v) is 8.54. The van der Waals surface area contributed by atoms with Crippen LogP contribution in [0.2, 0.25) is 0 Å². The number of thiol groups is 1. The smallest absolute Gasteiger partial charge is 0.105 e. The molecular formula is C21H29NS2. The molecule has 0 aliphatic heterocycles. The van der Waals surface area contributed by atoms with Gasteiger partial charge in [0.2, 0.25) is 0 Å². The van der Waals surface area contributed by atoms with Gasteiger partial charge in [-0.1, -0.05) is 12.2 Å². The van der Waals surface area contributed by atoms with Crippen LogP contribution in [0.25, 0.3) is 0 Å². The van der Waals surface area contributed by atoms with Crippen LogP contribution in [0.5, 0.6) is 0 Å². The highest BCUT2D eigenvalue weighted by molar-refractivity contribution is 7.82. The average Bonchev–Trinajstić information content (AvgIpc) is 2.56. The van der Waals surface area contributed by atoms with Crippen LogP contribution < -0.4 is 0 Å². The molecule has 8 fully saturated rings. The van der Waals surface area contributed by atoms with E-state index in [0.717, 1.165) is 35.5 Å². The van der Waals surface area contributed by atoms with Crippen molar-refractivity contribution in [1.82, 2.24) is 0 Å². The van der Waals surface area contributed by atoms with Crippen molar-refractivity contribution in [2.24, 2.45) is 47.3 Å². The van der Waals surface area contributed by atoms with Gasteiger partial charge in [0.1, 0.15) is 4.75 Å². The normalized spacial score (nSPS) is 55.9. The molecule has 8 bridgehead atoms. The molecule has 24 heavy (non-hydrogen) atoms. The van der Waals surface area contributed by atoms with E-state index in [1.807, 2.05) is 0 Å². The zero-order valence-electron chi connectivity index (χ0n) is 14.5. The Morgan fingerprint density at radius 1 is 0.750 bits per heavy atom. The molecule has 0 aromatic rings. The van der Waals surface area contributed by atoms with Crippen molar-refractivity contribution in [2.45, 2.75) is 69.0 Å². The van der Waals surface area contributed by atoms with Gasteiger partial charge in [0, 0.05) is 0 Å². The second kappa shape index (κ2) is 5.71. The Morgan fingerprint density at radius 3 is 1.50 bits per heavy atom. The molecule has 0 spiro atoms. The lowest BCUT2D eigenvalue weighted by Crippen LogP contribution is -2.53. The molecule has 1 nitrogen and oxygen atoms in total. The van der Waals surface area contributed by atoms with Crippen molar-refractivity contribution in [3.8, 4) is 6.07 Å². The minimum absolute atomic E-state index is 0.257. The van der Waals surface area contributed by atoms with Crippen LogP contribution in [0.3, 0.4) is 0 Å². The number of nitriles is 1. The Hall–Kier alpha value is -0.0700. The van der Waals surface area contributed by atoms with Crippen molar-refractivity contribution in [1.29, 1.82) is 5.26 Å². The van der Waals surface area contributed by atoms with Gasteiger partial charge in [0.05, 0.1) is 6.07 Å². The second-order valence-electron chi connectivity index (χ2n) is 9.95. The van der Waals surface area contributed by atoms with E-state index in [1.165, 1.54) is 69.1 Å². The van der Waals surface area contributed by atoms with Gasteiger partial charge in [0.15, 0.2) is 0 Å². The Labute approximate surface area is 157 Å². The predicted octanol–water partition coefficient (Wildman–Crippen LogP) is 5.45. The van der Waals surface area contributed by atoms with Crippen LogP contribution in [0, 0.1) is 58.7 Å². The lowest BCUT2D eigenvalue weighted by Gasteiger charge is -2.56. The van der Waals surface area contributed by atoms with Crippen molar-refractivity contribution < 1.29 is 0 Å². The third-order valence-electron chi connectivity index (χ3n) is 8.50. The highest BCUT2D eigenvalue weighted by atomic mass is 32.1. The monoisotopic (exact) mass is 359 g/mol. The van der Waals surface area contributed by atoms with E-state index in [0.29, 0.717) is 11.8 Å². The Bertz CT molecular complexity index is 531. The maximum absolute atomic E-state index is 9.23. The van der Waals surface area contributed by atoms with Gasteiger partial charge < -0.3 is 0 Å². The largest absolute Gasteiger partial charge is 0.197 e. The number of rotatable bonds is 0. The molecule has 0 N–H and O–H groups in total. The topological polar surface area (TPSA) is 23.8 Å². The quantitative estimate of drug-likeness (QED) is 0.459. The molecule has 0 unspecified atom stereocenters. The maximum atomic E-state index is 9.23. The predicted molar refractivity (Wildman–Crippen MR) is 104 cm³/mol. The van der Waals surface area contributed by atoms with Crippen LogP contribution in [0.1, 0.15) is 64.2 Å². The third kappa shape index (κ3) is 2.43. The molecule has 0 aromatic carbocycles. The third-order valence-corrected chi connectivity index (χ3v) is 10.0. The summed E-state index contributed by atoms with van der Waals surface area (Å²) in [5.74, 6) is 7.00. The van der Waals surface area contributed by atoms with Crippen LogP contribution in [0.15, 0.2) is 0 Å². The number of hydrogen-bond donors (Lipinski definition) is 1. The van der Waals surface area contributed by atoms with Crippen LogP contribution in [0.4, 0.5) is 0 Å². The molecule has 0 saturated heterocycles. The van der Waals surface area contributed by atoms with Crippen LogP contribution in [-0.4, -0.2) is 9.61 Å². The summed E-state index contributed by atoms with van der Waals surface area (Å²) in [6, 6.07) is 2.49. The van der Waals surface area contributed by atoms with Crippen molar-refractivity contribution in [3.05, 3.63) is 0 Å². The van der Waals surface area contributed by atoms with Crippen LogP contribution in [-0.2, 0) is 0 Å². The summed E-state index contributed by atoms with van der Waals surface area (Å²) >= 11 is 10.1. The lowest BCUT2D eigenvalue weighted by molar-refractivity contribution is 0.00424. The average molecular weight is 360 g/mol. The first-order valence-corrected chi connectivity index (χ1v) is 11.1. The summed E-state index contributed by atoms with van der Waals surface area (Å²) in [7, 11) is 0. The van der Waals surface area contributed by atoms with Gasteiger partial charge in [-0.15, -0.1) is 0 Å². The molecule has 0 aromatic heterocycles. The van der Waals surface area contributed by atoms with Gasteiger partial charge in [-0.25, -0.2) is 0 Å². The van der Waals surface area contributed by atoms with Gasteiger partial charge in [0.25, 0.3) is 0 Å². The maximum Gasteiger partial charge on any atom is 0.105 e. The highest BCUT2D eigenvalue weighted by Crippen LogP contribution is 2.60. The number of thiocarbonyl (C=S) groups is 1. The number of nitrogens with zero attached hydrogens (tertiary/aromatic N) is 1. The standard InChI is InChI=1S/C11H15NS.C10H14S/c12-6-11(13)9-2-7-1-8(4-9)5-10(11)3-7;11-10-8-2-6-1-7(4-8)5-9(10)3-6/h7-10,13H,1-5H2;6-9H,1-5H2. The van der Waals surface area contributed by atoms with E-state index in [2.05, 4.69) is 18.7 Å². The molecular weight excluding hydrogens is 330 g/mol. The minimum atomic E-state index is -0.257. The minimum Gasteiger partial charge on any atom is -0.197 e. The molecule has 0 amide bonds. The fraction of sp³-hybridized carbons (Fsp3) is 0.905. The lowest BCUT2D eigenvalue weighted by atomic mass is 9.52. The summed E-state index contributed by atoms with van der Waals surface area (Å²) in [6.45, 7) is 0. The van der Waals surface area contributed by atoms with Gasteiger partial charge >= 0.3 is 0 Å². The summed E-state index contributed by atoms with van der Waals surface area (Å²) < 4.78 is -0.257. The zero-order valence-corrected chi connectivity index (χ0v) is 16.2. The van der Waals surface area contributed by atoms with E-state index < -0.39 is 0 Å². The molecule has 8 aliphatic rings. The van der Waals surface area contributed by atoms with Crippen molar-refractivity contribution in [3.63, 3.8) is 0 Å². The first-order valence-electron chi connectivity index (χ1n) is 10.2. The first-order chi connectivity index (χ1) is 11.5. The molecule has 8 aliphatic carbocycles. The molecule has 3 heteroatoms. The van der Waals surface area contributed by atoms with E-state index >= 15 is 0 Å². The molecule has 0 atom stereocenters. The van der Waals surface area contributed by atoms with E-state index in [-0.39, 0.29) is 4.75 Å². The second-order valence-corrected chi connectivity index (χ2v) is 11.2. The summed E-state index contributed by atoms with van der Waals surface area (Å²) in [5, 5.41) is 9.23. The first kappa shape index (κ1) is 16.1. The zero-order chi connectivity index (χ0) is 16.5. The molecule has 0 radical (unpaired) electrons. The summed E-state index contributed by atoms with van der Waals surface area (Å²) in [5.41, 5.74) is 0. The summed E-state index contributed by atoms with van der Waals surface area (Å²) in [4.78, 5) is 1.46. The van der Waals surface area contributed by atoms with Gasteiger partial charge in [-0.05, 0) is 116 Å². The Morgan fingerprint density at radius 2 is 1.12 bits per heavy atom.